The molecule has 0 atom stereocenters. The highest BCUT2D eigenvalue weighted by Gasteiger charge is 2.14. The molecule has 0 aliphatic heterocycles. The van der Waals surface area contributed by atoms with Crippen LogP contribution in [0.15, 0.2) is 79.1 Å². The summed E-state index contributed by atoms with van der Waals surface area (Å²) >= 11 is 0. The Kier molecular flexibility index (Phi) is 5.49. The molecule has 2 aromatic carbocycles. The van der Waals surface area contributed by atoms with Crippen molar-refractivity contribution in [1.82, 2.24) is 20.0 Å². The number of carbonyl (C=O) groups excluding carboxylic acids is 1. The van der Waals surface area contributed by atoms with E-state index in [0.717, 1.165) is 0 Å². The Morgan fingerprint density at radius 1 is 0.935 bits per heavy atom. The van der Waals surface area contributed by atoms with Crippen LogP contribution in [0.1, 0.15) is 36.7 Å². The van der Waals surface area contributed by atoms with Crippen LogP contribution in [-0.4, -0.2) is 25.9 Å². The number of benzene rings is 2. The molecule has 0 unspecified atom stereocenters. The molecule has 0 saturated heterocycles. The number of rotatable bonds is 5. The summed E-state index contributed by atoms with van der Waals surface area (Å²) < 4.78 is 7.34. The minimum absolute atomic E-state index is 0.0503. The lowest BCUT2D eigenvalue weighted by Gasteiger charge is -2.19. The fraction of sp³-hybridized carbons (Fsp3) is 0.167. The molecule has 0 saturated carbocycles. The first-order valence-corrected chi connectivity index (χ1v) is 9.92. The van der Waals surface area contributed by atoms with Crippen molar-refractivity contribution in [2.75, 3.05) is 5.32 Å². The van der Waals surface area contributed by atoms with E-state index in [-0.39, 0.29) is 11.3 Å². The van der Waals surface area contributed by atoms with Crippen LogP contribution in [-0.2, 0) is 5.41 Å². The molecule has 4 rings (SSSR count). The Morgan fingerprint density at radius 2 is 1.68 bits per heavy atom. The van der Waals surface area contributed by atoms with Crippen LogP contribution < -0.4 is 10.1 Å². The second-order valence-corrected chi connectivity index (χ2v) is 8.09. The summed E-state index contributed by atoms with van der Waals surface area (Å²) in [5, 5.41) is 15.2. The van der Waals surface area contributed by atoms with Gasteiger partial charge in [-0.15, -0.1) is 10.2 Å². The number of amides is 1. The molecule has 0 aliphatic rings. The van der Waals surface area contributed by atoms with Crippen molar-refractivity contribution in [2.45, 2.75) is 26.2 Å². The van der Waals surface area contributed by atoms with Crippen molar-refractivity contribution in [2.24, 2.45) is 0 Å². The maximum absolute atomic E-state index is 12.5. The highest BCUT2D eigenvalue weighted by Crippen LogP contribution is 2.24. The zero-order chi connectivity index (χ0) is 21.8. The van der Waals surface area contributed by atoms with E-state index in [0.29, 0.717) is 28.7 Å². The summed E-state index contributed by atoms with van der Waals surface area (Å²) in [6.07, 6.45) is 3.46. The lowest BCUT2D eigenvalue weighted by atomic mass is 9.87. The molecule has 2 aromatic heterocycles. The predicted octanol–water partition coefficient (Wildman–Crippen LogP) is 5.00. The van der Waals surface area contributed by atoms with Gasteiger partial charge in [-0.25, -0.2) is 4.68 Å². The van der Waals surface area contributed by atoms with Gasteiger partial charge in [-0.05, 0) is 59.5 Å². The fourth-order valence-corrected chi connectivity index (χ4v) is 2.95. The molecule has 2 heterocycles. The first-order chi connectivity index (χ1) is 14.9. The fourth-order valence-electron chi connectivity index (χ4n) is 2.95. The van der Waals surface area contributed by atoms with E-state index >= 15 is 0 Å². The van der Waals surface area contributed by atoms with Gasteiger partial charge in [0.2, 0.25) is 5.88 Å². The van der Waals surface area contributed by atoms with Gasteiger partial charge in [-0.2, -0.15) is 5.10 Å². The number of aromatic nitrogens is 4. The van der Waals surface area contributed by atoms with E-state index in [1.165, 1.54) is 5.56 Å². The number of hydrogen-bond acceptors (Lipinski definition) is 5. The van der Waals surface area contributed by atoms with E-state index in [2.05, 4.69) is 41.4 Å². The number of anilines is 1. The van der Waals surface area contributed by atoms with Gasteiger partial charge in [0.1, 0.15) is 5.75 Å². The first-order valence-electron chi connectivity index (χ1n) is 9.92. The van der Waals surface area contributed by atoms with Gasteiger partial charge in [-0.1, -0.05) is 32.9 Å². The van der Waals surface area contributed by atoms with Crippen molar-refractivity contribution in [3.63, 3.8) is 0 Å². The Bertz CT molecular complexity index is 1140. The Labute approximate surface area is 180 Å². The zero-order valence-electron chi connectivity index (χ0n) is 17.6. The van der Waals surface area contributed by atoms with Gasteiger partial charge in [0.15, 0.2) is 5.82 Å². The van der Waals surface area contributed by atoms with Crippen molar-refractivity contribution in [1.29, 1.82) is 0 Å². The third-order valence-corrected chi connectivity index (χ3v) is 4.71. The van der Waals surface area contributed by atoms with Crippen LogP contribution in [0.5, 0.6) is 11.6 Å². The highest BCUT2D eigenvalue weighted by molar-refractivity contribution is 6.04. The van der Waals surface area contributed by atoms with Crippen LogP contribution in [0.3, 0.4) is 0 Å². The number of nitrogens with zero attached hydrogens (tertiary/aromatic N) is 4. The number of ether oxygens (including phenoxy) is 1. The summed E-state index contributed by atoms with van der Waals surface area (Å²) in [5.74, 6) is 1.40. The highest BCUT2D eigenvalue weighted by atomic mass is 16.5. The van der Waals surface area contributed by atoms with Crippen LogP contribution in [0.4, 0.5) is 5.69 Å². The summed E-state index contributed by atoms with van der Waals surface area (Å²) in [6, 6.07) is 20.1. The Hall–Kier alpha value is -4.00. The minimum atomic E-state index is -0.158. The molecule has 1 N–H and O–H groups in total. The third kappa shape index (κ3) is 4.95. The van der Waals surface area contributed by atoms with Crippen molar-refractivity contribution < 1.29 is 9.53 Å². The standard InChI is InChI=1S/C24H23N5O2/c1-24(2,3)18-7-5-17(6-8-18)23(30)26-19-9-11-20(12-10-19)31-22-14-13-21(27-28-22)29-16-4-15-25-29/h4-16H,1-3H3,(H,26,30). The van der Waals surface area contributed by atoms with E-state index in [1.54, 1.807) is 53.5 Å². The van der Waals surface area contributed by atoms with E-state index in [9.17, 15) is 4.79 Å². The number of hydrogen-bond donors (Lipinski definition) is 1. The van der Waals surface area contributed by atoms with E-state index in [4.69, 9.17) is 4.74 Å². The number of nitrogens with one attached hydrogen (secondary N) is 1. The van der Waals surface area contributed by atoms with E-state index in [1.807, 2.05) is 30.3 Å². The second kappa shape index (κ2) is 8.39. The zero-order valence-corrected chi connectivity index (χ0v) is 17.6. The van der Waals surface area contributed by atoms with Crippen molar-refractivity contribution in [3.05, 3.63) is 90.3 Å². The molecule has 0 aliphatic carbocycles. The van der Waals surface area contributed by atoms with E-state index < -0.39 is 0 Å². The van der Waals surface area contributed by atoms with Crippen molar-refractivity contribution >= 4 is 11.6 Å². The lowest BCUT2D eigenvalue weighted by Crippen LogP contribution is -2.14. The quantitative estimate of drug-likeness (QED) is 0.498. The Balaban J connectivity index is 1.37. The summed E-state index contributed by atoms with van der Waals surface area (Å²) in [6.45, 7) is 6.43. The largest absolute Gasteiger partial charge is 0.438 e. The topological polar surface area (TPSA) is 81.9 Å². The van der Waals surface area contributed by atoms with Crippen LogP contribution in [0.25, 0.3) is 5.82 Å². The molecule has 4 aromatic rings. The molecule has 156 valence electrons. The Morgan fingerprint density at radius 3 is 2.26 bits per heavy atom. The summed E-state index contributed by atoms with van der Waals surface area (Å²) in [4.78, 5) is 12.5. The third-order valence-electron chi connectivity index (χ3n) is 4.71. The molecule has 7 nitrogen and oxygen atoms in total. The van der Waals surface area contributed by atoms with Crippen LogP contribution in [0.2, 0.25) is 0 Å². The molecular weight excluding hydrogens is 390 g/mol. The predicted molar refractivity (Wildman–Crippen MR) is 119 cm³/mol. The average Bonchev–Trinajstić information content (AvgIpc) is 3.30. The molecule has 0 spiro atoms. The average molecular weight is 413 g/mol. The second-order valence-electron chi connectivity index (χ2n) is 8.09. The lowest BCUT2D eigenvalue weighted by molar-refractivity contribution is 0.102. The van der Waals surface area contributed by atoms with Crippen LogP contribution >= 0.6 is 0 Å². The smallest absolute Gasteiger partial charge is 0.255 e. The molecule has 7 heteroatoms. The molecule has 0 bridgehead atoms. The molecule has 31 heavy (non-hydrogen) atoms. The summed E-state index contributed by atoms with van der Waals surface area (Å²) in [7, 11) is 0. The van der Waals surface area contributed by atoms with Gasteiger partial charge in [0.25, 0.3) is 5.91 Å². The van der Waals surface area contributed by atoms with Gasteiger partial charge >= 0.3 is 0 Å². The molecule has 1 amide bonds. The van der Waals surface area contributed by atoms with Crippen molar-refractivity contribution in [3.8, 4) is 17.4 Å². The van der Waals surface area contributed by atoms with Gasteiger partial charge < -0.3 is 10.1 Å². The maximum atomic E-state index is 12.5. The summed E-state index contributed by atoms with van der Waals surface area (Å²) in [5.41, 5.74) is 2.53. The SMILES string of the molecule is CC(C)(C)c1ccc(C(=O)Nc2ccc(Oc3ccc(-n4cccn4)nn3)cc2)cc1. The number of carbonyl (C=O) groups is 1. The first kappa shape index (κ1) is 20.3. The minimum Gasteiger partial charge on any atom is -0.438 e. The molecule has 0 radical (unpaired) electrons. The van der Waals surface area contributed by atoms with Gasteiger partial charge in [-0.3, -0.25) is 4.79 Å². The molecule has 0 fully saturated rings. The van der Waals surface area contributed by atoms with Gasteiger partial charge in [0.05, 0.1) is 0 Å². The van der Waals surface area contributed by atoms with Gasteiger partial charge in [0, 0.05) is 29.7 Å². The monoisotopic (exact) mass is 413 g/mol. The van der Waals surface area contributed by atoms with Crippen LogP contribution in [0, 0.1) is 0 Å². The maximum Gasteiger partial charge on any atom is 0.255 e. The molecular formula is C24H23N5O2. The normalized spacial score (nSPS) is 11.2.